The van der Waals surface area contributed by atoms with Crippen LogP contribution in [0, 0.1) is 0 Å². The second kappa shape index (κ2) is 7.81. The van der Waals surface area contributed by atoms with E-state index in [2.05, 4.69) is 15.5 Å². The Morgan fingerprint density at radius 2 is 1.70 bits per heavy atom. The maximum Gasteiger partial charge on any atom is 0.265 e. The van der Waals surface area contributed by atoms with Gasteiger partial charge < -0.3 is 14.6 Å². The molecule has 0 aliphatic carbocycles. The third-order valence-electron chi connectivity index (χ3n) is 4.48. The summed E-state index contributed by atoms with van der Waals surface area (Å²) in [5.41, 5.74) is 0.693. The molecule has 146 valence electrons. The van der Waals surface area contributed by atoms with Gasteiger partial charge in [0.1, 0.15) is 5.75 Å². The second-order valence-electron chi connectivity index (χ2n) is 6.55. The van der Waals surface area contributed by atoms with Gasteiger partial charge in [0, 0.05) is 28.8 Å². The summed E-state index contributed by atoms with van der Waals surface area (Å²) in [5, 5.41) is 12.2. The highest BCUT2D eigenvalue weighted by molar-refractivity contribution is 7.20. The molecule has 1 amide bonds. The average Bonchev–Trinajstić information content (AvgIpc) is 3.46. The van der Waals surface area contributed by atoms with Gasteiger partial charge in [-0.15, -0.1) is 21.5 Å². The quantitative estimate of drug-likeness (QED) is 0.412. The first kappa shape index (κ1) is 18.1. The van der Waals surface area contributed by atoms with E-state index < -0.39 is 0 Å². The summed E-state index contributed by atoms with van der Waals surface area (Å²) in [7, 11) is 0. The van der Waals surface area contributed by atoms with Crippen LogP contribution in [0.25, 0.3) is 15.9 Å². The Morgan fingerprint density at radius 3 is 2.43 bits per heavy atom. The van der Waals surface area contributed by atoms with Crippen LogP contribution in [0.15, 0.2) is 91.3 Å². The molecular weight excluding hydrogens is 396 g/mol. The molecule has 0 saturated carbocycles. The number of carbonyl (C=O) groups is 1. The van der Waals surface area contributed by atoms with Crippen molar-refractivity contribution in [3.8, 4) is 17.4 Å². The Balaban J connectivity index is 1.24. The lowest BCUT2D eigenvalue weighted by Crippen LogP contribution is -2.09. The molecule has 0 atom stereocenters. The number of fused-ring (bicyclic) bond motifs is 1. The van der Waals surface area contributed by atoms with E-state index in [9.17, 15) is 4.79 Å². The topological polar surface area (TPSA) is 69.0 Å². The maximum absolute atomic E-state index is 12.5. The first-order valence-corrected chi connectivity index (χ1v) is 10.1. The lowest BCUT2D eigenvalue weighted by molar-refractivity contribution is 0.103. The smallest absolute Gasteiger partial charge is 0.265 e. The van der Waals surface area contributed by atoms with Crippen LogP contribution in [0.3, 0.4) is 0 Å². The lowest BCUT2D eigenvalue weighted by atomic mass is 10.2. The van der Waals surface area contributed by atoms with Gasteiger partial charge in [-0.2, -0.15) is 0 Å². The molecular formula is C23H16N4O2S. The Bertz CT molecular complexity index is 1260. The fourth-order valence-corrected chi connectivity index (χ4v) is 3.96. The number of nitrogens with one attached hydrogen (secondary N) is 1. The fraction of sp³-hybridized carbons (Fsp3) is 0. The Kier molecular flexibility index (Phi) is 4.71. The molecule has 0 unspecified atom stereocenters. The lowest BCUT2D eigenvalue weighted by Gasteiger charge is -2.07. The van der Waals surface area contributed by atoms with Crippen LogP contribution in [0.5, 0.6) is 11.6 Å². The highest BCUT2D eigenvalue weighted by Crippen LogP contribution is 2.27. The van der Waals surface area contributed by atoms with Crippen molar-refractivity contribution >= 4 is 33.0 Å². The van der Waals surface area contributed by atoms with Crippen molar-refractivity contribution in [2.24, 2.45) is 0 Å². The van der Waals surface area contributed by atoms with Gasteiger partial charge in [0.05, 0.1) is 4.88 Å². The monoisotopic (exact) mass is 412 g/mol. The third-order valence-corrected chi connectivity index (χ3v) is 5.59. The first-order chi connectivity index (χ1) is 14.7. The van der Waals surface area contributed by atoms with Crippen LogP contribution in [0.2, 0.25) is 0 Å². The van der Waals surface area contributed by atoms with Crippen molar-refractivity contribution in [3.63, 3.8) is 0 Å². The zero-order valence-electron chi connectivity index (χ0n) is 15.7. The number of hydrogen-bond acceptors (Lipinski definition) is 5. The molecule has 0 radical (unpaired) electrons. The van der Waals surface area contributed by atoms with E-state index in [0.29, 0.717) is 28.0 Å². The van der Waals surface area contributed by atoms with Gasteiger partial charge in [0.25, 0.3) is 5.91 Å². The first-order valence-electron chi connectivity index (χ1n) is 9.29. The zero-order chi connectivity index (χ0) is 20.3. The molecule has 7 heteroatoms. The van der Waals surface area contributed by atoms with Gasteiger partial charge >= 0.3 is 0 Å². The Hall–Kier alpha value is -3.97. The number of nitrogens with zero attached hydrogens (tertiary/aromatic N) is 3. The number of rotatable bonds is 5. The van der Waals surface area contributed by atoms with Crippen molar-refractivity contribution < 1.29 is 9.53 Å². The summed E-state index contributed by atoms with van der Waals surface area (Å²) in [4.78, 5) is 13.2. The molecule has 6 nitrogen and oxygen atoms in total. The van der Waals surface area contributed by atoms with Gasteiger partial charge in [-0.05, 0) is 60.0 Å². The fourth-order valence-electron chi connectivity index (χ4n) is 3.01. The number of hydrogen-bond donors (Lipinski definition) is 1. The Labute approximate surface area is 176 Å². The maximum atomic E-state index is 12.5. The van der Waals surface area contributed by atoms with Crippen LogP contribution >= 0.6 is 11.3 Å². The molecule has 1 N–H and O–H groups in total. The van der Waals surface area contributed by atoms with E-state index in [1.165, 1.54) is 11.3 Å². The molecule has 2 aromatic carbocycles. The van der Waals surface area contributed by atoms with Crippen molar-refractivity contribution in [3.05, 3.63) is 96.1 Å². The summed E-state index contributed by atoms with van der Waals surface area (Å²) in [6, 6.07) is 24.4. The minimum absolute atomic E-state index is 0.128. The number of aromatic nitrogens is 3. The number of ether oxygens (including phenoxy) is 1. The van der Waals surface area contributed by atoms with Crippen molar-refractivity contribution in [1.29, 1.82) is 0 Å². The van der Waals surface area contributed by atoms with Crippen LogP contribution < -0.4 is 10.1 Å². The standard InChI is InChI=1S/C23H16N4O2S/c28-23(20-15-16-5-1-2-6-19(16)30-20)24-17-7-9-18(10-8-17)29-22-12-11-21(25-26-22)27-13-3-4-14-27/h1-15H,(H,24,28). The largest absolute Gasteiger partial charge is 0.438 e. The number of amides is 1. The van der Waals surface area contributed by atoms with Crippen LogP contribution in [0.4, 0.5) is 5.69 Å². The van der Waals surface area contributed by atoms with Crippen molar-refractivity contribution in [2.45, 2.75) is 0 Å². The average molecular weight is 412 g/mol. The number of thiophene rings is 1. The highest BCUT2D eigenvalue weighted by Gasteiger charge is 2.10. The van der Waals surface area contributed by atoms with Crippen LogP contribution in [-0.4, -0.2) is 20.7 Å². The van der Waals surface area contributed by atoms with Gasteiger partial charge in [0.2, 0.25) is 5.88 Å². The molecule has 5 aromatic rings. The number of anilines is 1. The molecule has 0 fully saturated rings. The molecule has 0 aliphatic heterocycles. The van der Waals surface area contributed by atoms with Gasteiger partial charge in [-0.1, -0.05) is 18.2 Å². The van der Waals surface area contributed by atoms with E-state index in [4.69, 9.17) is 4.74 Å². The number of benzene rings is 2. The summed E-state index contributed by atoms with van der Waals surface area (Å²) < 4.78 is 8.70. The van der Waals surface area contributed by atoms with E-state index in [-0.39, 0.29) is 5.91 Å². The van der Waals surface area contributed by atoms with E-state index >= 15 is 0 Å². The SMILES string of the molecule is O=C(Nc1ccc(Oc2ccc(-n3cccc3)nn2)cc1)c1cc2ccccc2s1. The van der Waals surface area contributed by atoms with Gasteiger partial charge in [-0.25, -0.2) is 0 Å². The Morgan fingerprint density at radius 1 is 0.900 bits per heavy atom. The molecule has 30 heavy (non-hydrogen) atoms. The predicted molar refractivity (Wildman–Crippen MR) is 118 cm³/mol. The number of carbonyl (C=O) groups excluding carboxylic acids is 1. The molecule has 5 rings (SSSR count). The molecule has 3 aromatic heterocycles. The summed E-state index contributed by atoms with van der Waals surface area (Å²) in [6.45, 7) is 0. The third kappa shape index (κ3) is 3.78. The van der Waals surface area contributed by atoms with Crippen molar-refractivity contribution in [2.75, 3.05) is 5.32 Å². The highest BCUT2D eigenvalue weighted by atomic mass is 32.1. The predicted octanol–water partition coefficient (Wildman–Crippen LogP) is 5.53. The van der Waals surface area contributed by atoms with Crippen LogP contribution in [-0.2, 0) is 0 Å². The van der Waals surface area contributed by atoms with E-state index in [1.807, 2.05) is 65.5 Å². The van der Waals surface area contributed by atoms with Gasteiger partial charge in [-0.3, -0.25) is 4.79 Å². The summed E-state index contributed by atoms with van der Waals surface area (Å²) >= 11 is 1.48. The minimum Gasteiger partial charge on any atom is -0.438 e. The molecule has 0 spiro atoms. The minimum atomic E-state index is -0.128. The molecule has 0 bridgehead atoms. The molecule has 0 saturated heterocycles. The summed E-state index contributed by atoms with van der Waals surface area (Å²) in [5.74, 6) is 1.59. The molecule has 3 heterocycles. The van der Waals surface area contributed by atoms with Crippen molar-refractivity contribution in [1.82, 2.24) is 14.8 Å². The molecule has 0 aliphatic rings. The van der Waals surface area contributed by atoms with Crippen LogP contribution in [0.1, 0.15) is 9.67 Å². The summed E-state index contributed by atoms with van der Waals surface area (Å²) in [6.07, 6.45) is 3.80. The van der Waals surface area contributed by atoms with E-state index in [0.717, 1.165) is 10.1 Å². The normalized spacial score (nSPS) is 10.8. The van der Waals surface area contributed by atoms with Gasteiger partial charge in [0.15, 0.2) is 5.82 Å². The van der Waals surface area contributed by atoms with E-state index in [1.54, 1.807) is 30.3 Å². The zero-order valence-corrected chi connectivity index (χ0v) is 16.5. The second-order valence-corrected chi connectivity index (χ2v) is 7.63.